The zero-order chi connectivity index (χ0) is 17.7. The monoisotopic (exact) mass is 325 g/mol. The predicted octanol–water partition coefficient (Wildman–Crippen LogP) is 2.51. The average Bonchev–Trinajstić information content (AvgIpc) is 2.78. The number of nitrogens with zero attached hydrogens (tertiary/aromatic N) is 2. The molecule has 0 bridgehead atoms. The zero-order valence-electron chi connectivity index (χ0n) is 15.2. The number of aliphatic hydroxyl groups is 1. The maximum Gasteiger partial charge on any atom is 0.407 e. The van der Waals surface area contributed by atoms with E-state index >= 15 is 0 Å². The summed E-state index contributed by atoms with van der Waals surface area (Å²) in [6, 6.07) is 1.94. The second-order valence-corrected chi connectivity index (χ2v) is 7.77. The number of hydrogen-bond donors (Lipinski definition) is 2. The Labute approximate surface area is 139 Å². The second-order valence-electron chi connectivity index (χ2n) is 7.77. The number of hydrogen-bond acceptors (Lipinski definition) is 4. The number of aliphatic hydroxyl groups excluding tert-OH is 1. The number of amides is 1. The van der Waals surface area contributed by atoms with Crippen LogP contribution in [0.1, 0.15) is 46.7 Å². The molecule has 0 aliphatic rings. The van der Waals surface area contributed by atoms with Gasteiger partial charge in [0, 0.05) is 31.6 Å². The minimum absolute atomic E-state index is 0.0163. The number of ether oxygens (including phenoxy) is 1. The lowest BCUT2D eigenvalue weighted by Gasteiger charge is -2.33. The Morgan fingerprint density at radius 3 is 2.52 bits per heavy atom. The highest BCUT2D eigenvalue weighted by Crippen LogP contribution is 2.29. The number of aryl methyl sites for hydroxylation is 1. The van der Waals surface area contributed by atoms with Crippen molar-refractivity contribution >= 4 is 6.09 Å². The molecule has 1 atom stereocenters. The van der Waals surface area contributed by atoms with Crippen molar-refractivity contribution < 1.29 is 14.6 Å². The first-order chi connectivity index (χ1) is 10.6. The first kappa shape index (κ1) is 19.5. The summed E-state index contributed by atoms with van der Waals surface area (Å²) in [5.41, 5.74) is -0.0714. The summed E-state index contributed by atoms with van der Waals surface area (Å²) in [5.74, 6) is 0.395. The summed E-state index contributed by atoms with van der Waals surface area (Å²) in [5, 5.41) is 17.2. The van der Waals surface area contributed by atoms with E-state index in [-0.39, 0.29) is 6.61 Å². The van der Waals surface area contributed by atoms with Gasteiger partial charge in [-0.2, -0.15) is 5.10 Å². The molecular formula is C17H31N3O3. The quantitative estimate of drug-likeness (QED) is 0.807. The molecule has 132 valence electrons. The normalized spacial score (nSPS) is 14.6. The van der Waals surface area contributed by atoms with Crippen LogP contribution >= 0.6 is 0 Å². The van der Waals surface area contributed by atoms with Gasteiger partial charge in [-0.05, 0) is 39.2 Å². The SMILES string of the molecule is CC(C)CC(CO)(CNC(=O)OC(C)(C)C)Cc1ccn(C)n1. The van der Waals surface area contributed by atoms with Crippen molar-refractivity contribution in [2.24, 2.45) is 18.4 Å². The molecule has 2 N–H and O–H groups in total. The molecular weight excluding hydrogens is 294 g/mol. The Balaban J connectivity index is 2.80. The van der Waals surface area contributed by atoms with Crippen LogP contribution in [0.3, 0.4) is 0 Å². The fraction of sp³-hybridized carbons (Fsp3) is 0.765. The Morgan fingerprint density at radius 1 is 1.43 bits per heavy atom. The van der Waals surface area contributed by atoms with E-state index in [1.54, 1.807) is 4.68 Å². The van der Waals surface area contributed by atoms with Gasteiger partial charge in [-0.25, -0.2) is 4.79 Å². The largest absolute Gasteiger partial charge is 0.444 e. The van der Waals surface area contributed by atoms with Gasteiger partial charge in [0.15, 0.2) is 0 Å². The van der Waals surface area contributed by atoms with Gasteiger partial charge in [-0.3, -0.25) is 4.68 Å². The maximum atomic E-state index is 11.9. The molecule has 0 radical (unpaired) electrons. The molecule has 1 rings (SSSR count). The molecule has 0 aliphatic heterocycles. The van der Waals surface area contributed by atoms with Crippen LogP contribution in [0.25, 0.3) is 0 Å². The number of alkyl carbamates (subject to hydrolysis) is 1. The number of aromatic nitrogens is 2. The fourth-order valence-electron chi connectivity index (χ4n) is 2.76. The summed E-state index contributed by atoms with van der Waals surface area (Å²) >= 11 is 0. The third kappa shape index (κ3) is 7.03. The van der Waals surface area contributed by atoms with Crippen molar-refractivity contribution in [3.05, 3.63) is 18.0 Å². The third-order valence-electron chi connectivity index (χ3n) is 3.51. The molecule has 0 aromatic carbocycles. The van der Waals surface area contributed by atoms with Crippen molar-refractivity contribution in [3.8, 4) is 0 Å². The molecule has 23 heavy (non-hydrogen) atoms. The van der Waals surface area contributed by atoms with Crippen molar-refractivity contribution in [1.29, 1.82) is 0 Å². The number of nitrogens with one attached hydrogen (secondary N) is 1. The van der Waals surface area contributed by atoms with Gasteiger partial charge in [0.2, 0.25) is 0 Å². The Hall–Kier alpha value is -1.56. The van der Waals surface area contributed by atoms with Crippen molar-refractivity contribution in [1.82, 2.24) is 15.1 Å². The fourth-order valence-corrected chi connectivity index (χ4v) is 2.76. The van der Waals surface area contributed by atoms with Gasteiger partial charge in [0.05, 0.1) is 12.3 Å². The van der Waals surface area contributed by atoms with Crippen LogP contribution in [0.5, 0.6) is 0 Å². The lowest BCUT2D eigenvalue weighted by molar-refractivity contribution is 0.0438. The Kier molecular flexibility index (Phi) is 6.62. The van der Waals surface area contributed by atoms with Crippen molar-refractivity contribution in [2.75, 3.05) is 13.2 Å². The van der Waals surface area contributed by atoms with E-state index in [0.29, 0.717) is 18.9 Å². The molecule has 0 saturated carbocycles. The third-order valence-corrected chi connectivity index (χ3v) is 3.51. The van der Waals surface area contributed by atoms with E-state index in [1.807, 2.05) is 40.1 Å². The molecule has 0 aliphatic carbocycles. The van der Waals surface area contributed by atoms with Crippen LogP contribution in [0.4, 0.5) is 4.79 Å². The van der Waals surface area contributed by atoms with Crippen LogP contribution in [0.15, 0.2) is 12.3 Å². The van der Waals surface area contributed by atoms with Gasteiger partial charge in [-0.1, -0.05) is 13.8 Å². The minimum atomic E-state index is -0.537. The van der Waals surface area contributed by atoms with Crippen molar-refractivity contribution in [3.63, 3.8) is 0 Å². The van der Waals surface area contributed by atoms with E-state index in [0.717, 1.165) is 12.1 Å². The lowest BCUT2D eigenvalue weighted by Crippen LogP contribution is -2.44. The van der Waals surface area contributed by atoms with E-state index in [1.165, 1.54) is 0 Å². The average molecular weight is 325 g/mol. The van der Waals surface area contributed by atoms with Gasteiger partial charge in [0.25, 0.3) is 0 Å². The molecule has 1 aromatic rings. The number of rotatable bonds is 7. The highest BCUT2D eigenvalue weighted by atomic mass is 16.6. The van der Waals surface area contributed by atoms with Gasteiger partial charge in [0.1, 0.15) is 5.60 Å². The van der Waals surface area contributed by atoms with Crippen LogP contribution in [-0.4, -0.2) is 39.7 Å². The van der Waals surface area contributed by atoms with Crippen LogP contribution in [0, 0.1) is 11.3 Å². The number of carbonyl (C=O) groups excluding carboxylic acids is 1. The van der Waals surface area contributed by atoms with E-state index in [4.69, 9.17) is 4.74 Å². The van der Waals surface area contributed by atoms with Crippen LogP contribution < -0.4 is 5.32 Å². The van der Waals surface area contributed by atoms with E-state index < -0.39 is 17.1 Å². The summed E-state index contributed by atoms with van der Waals surface area (Å²) in [6.07, 6.45) is 2.82. The topological polar surface area (TPSA) is 76.4 Å². The van der Waals surface area contributed by atoms with E-state index in [2.05, 4.69) is 24.3 Å². The Morgan fingerprint density at radius 2 is 2.09 bits per heavy atom. The minimum Gasteiger partial charge on any atom is -0.444 e. The van der Waals surface area contributed by atoms with Gasteiger partial charge < -0.3 is 15.2 Å². The molecule has 1 unspecified atom stereocenters. The predicted molar refractivity (Wildman–Crippen MR) is 90.1 cm³/mol. The highest BCUT2D eigenvalue weighted by molar-refractivity contribution is 5.67. The molecule has 6 heteroatoms. The first-order valence-electron chi connectivity index (χ1n) is 8.11. The molecule has 0 saturated heterocycles. The first-order valence-corrected chi connectivity index (χ1v) is 8.11. The number of carbonyl (C=O) groups is 1. The van der Waals surface area contributed by atoms with E-state index in [9.17, 15) is 9.90 Å². The summed E-state index contributed by atoms with van der Waals surface area (Å²) in [7, 11) is 1.87. The van der Waals surface area contributed by atoms with Gasteiger partial charge in [-0.15, -0.1) is 0 Å². The summed E-state index contributed by atoms with van der Waals surface area (Å²) in [6.45, 7) is 10.0. The molecule has 0 fully saturated rings. The zero-order valence-corrected chi connectivity index (χ0v) is 15.2. The molecule has 6 nitrogen and oxygen atoms in total. The van der Waals surface area contributed by atoms with Crippen molar-refractivity contribution in [2.45, 2.75) is 53.1 Å². The summed E-state index contributed by atoms with van der Waals surface area (Å²) in [4.78, 5) is 11.9. The molecule has 0 spiro atoms. The highest BCUT2D eigenvalue weighted by Gasteiger charge is 2.33. The van der Waals surface area contributed by atoms with Crippen LogP contribution in [0.2, 0.25) is 0 Å². The molecule has 1 aromatic heterocycles. The second kappa shape index (κ2) is 7.81. The smallest absolute Gasteiger partial charge is 0.407 e. The lowest BCUT2D eigenvalue weighted by atomic mass is 9.77. The standard InChI is InChI=1S/C17H31N3O3/c1-13(2)9-17(12-21,10-14-7-8-20(6)19-14)11-18-15(22)23-16(3,4)5/h7-8,13,21H,9-12H2,1-6H3,(H,18,22). The Bertz CT molecular complexity index is 505. The van der Waals surface area contributed by atoms with Gasteiger partial charge >= 0.3 is 6.09 Å². The molecule has 1 heterocycles. The van der Waals surface area contributed by atoms with Crippen LogP contribution in [-0.2, 0) is 18.2 Å². The summed E-state index contributed by atoms with van der Waals surface area (Å²) < 4.78 is 7.03. The molecule has 1 amide bonds. The maximum absolute atomic E-state index is 11.9.